The maximum atomic E-state index is 12.7. The van der Waals surface area contributed by atoms with Crippen molar-refractivity contribution in [3.63, 3.8) is 0 Å². The summed E-state index contributed by atoms with van der Waals surface area (Å²) < 4.78 is 4.94. The van der Waals surface area contributed by atoms with Crippen molar-refractivity contribution in [3.05, 3.63) is 34.3 Å². The summed E-state index contributed by atoms with van der Waals surface area (Å²) in [6.07, 6.45) is 0.173. The quantitative estimate of drug-likeness (QED) is 0.893. The van der Waals surface area contributed by atoms with Gasteiger partial charge in [0.25, 0.3) is 0 Å². The fourth-order valence-electron chi connectivity index (χ4n) is 4.14. The lowest BCUT2D eigenvalue weighted by atomic mass is 10.0. The minimum absolute atomic E-state index is 0.147. The number of amides is 2. The maximum Gasteiger partial charge on any atom is 0.407 e. The Morgan fingerprint density at radius 3 is 2.79 bits per heavy atom. The Balaban J connectivity index is 1.37. The highest BCUT2D eigenvalue weighted by atomic mass is 35.5. The Hall–Kier alpha value is -1.75. The molecular weight excluding hydrogens is 328 g/mol. The van der Waals surface area contributed by atoms with Gasteiger partial charge in [-0.1, -0.05) is 23.7 Å². The molecule has 4 rings (SSSR count). The zero-order valence-electron chi connectivity index (χ0n) is 13.6. The third-order valence-corrected chi connectivity index (χ3v) is 6.04. The molecule has 0 spiro atoms. The molecule has 1 aliphatic carbocycles. The molecule has 4 atom stereocenters. The first-order valence-corrected chi connectivity index (χ1v) is 8.88. The van der Waals surface area contributed by atoms with E-state index in [2.05, 4.69) is 23.5 Å². The summed E-state index contributed by atoms with van der Waals surface area (Å²) in [5, 5.41) is 3.46. The van der Waals surface area contributed by atoms with Crippen molar-refractivity contribution in [2.45, 2.75) is 19.3 Å². The van der Waals surface area contributed by atoms with Crippen LogP contribution in [0.25, 0.3) is 0 Å². The van der Waals surface area contributed by atoms with Crippen molar-refractivity contribution in [3.8, 4) is 0 Å². The molecule has 24 heavy (non-hydrogen) atoms. The number of benzene rings is 1. The number of nitrogens with zero attached hydrogens (tertiary/aromatic N) is 1. The number of cyclic esters (lactones) is 1. The summed E-state index contributed by atoms with van der Waals surface area (Å²) in [4.78, 5) is 25.8. The molecule has 0 radical (unpaired) electrons. The van der Waals surface area contributed by atoms with E-state index in [0.717, 1.165) is 23.7 Å². The van der Waals surface area contributed by atoms with Crippen LogP contribution in [0.5, 0.6) is 0 Å². The molecular formula is C18H21ClN2O3. The van der Waals surface area contributed by atoms with Gasteiger partial charge in [-0.05, 0) is 48.3 Å². The number of rotatable bonds is 2. The van der Waals surface area contributed by atoms with Crippen molar-refractivity contribution < 1.29 is 14.3 Å². The average Bonchev–Trinajstić information content (AvgIpc) is 3.15. The highest BCUT2D eigenvalue weighted by Crippen LogP contribution is 2.58. The fraction of sp³-hybridized carbons (Fsp3) is 0.556. The molecule has 5 nitrogen and oxygen atoms in total. The van der Waals surface area contributed by atoms with Crippen LogP contribution < -0.4 is 5.32 Å². The standard InChI is InChI=1S/C18H21ClN2O3/c1-10-2-3-11(6-15(10)19)16-13-8-21(9-14(13)16)17(22)12-4-5-24-18(23)20-7-12/h2-3,6,12-14,16H,4-5,7-9H2,1H3,(H,20,23)/t12-,13-,14+,16+/m1/s1. The Kier molecular flexibility index (Phi) is 3.91. The smallest absolute Gasteiger partial charge is 0.407 e. The summed E-state index contributed by atoms with van der Waals surface area (Å²) in [7, 11) is 0. The van der Waals surface area contributed by atoms with Crippen LogP contribution in [-0.2, 0) is 9.53 Å². The number of halogens is 1. The van der Waals surface area contributed by atoms with E-state index in [0.29, 0.717) is 37.3 Å². The van der Waals surface area contributed by atoms with E-state index in [1.54, 1.807) is 0 Å². The molecule has 1 aromatic carbocycles. The zero-order chi connectivity index (χ0) is 16.8. The summed E-state index contributed by atoms with van der Waals surface area (Å²) in [5.41, 5.74) is 2.39. The molecule has 3 aliphatic rings. The van der Waals surface area contributed by atoms with Gasteiger partial charge in [-0.15, -0.1) is 0 Å². The van der Waals surface area contributed by atoms with Gasteiger partial charge in [-0.3, -0.25) is 4.79 Å². The van der Waals surface area contributed by atoms with Gasteiger partial charge in [-0.25, -0.2) is 4.79 Å². The van der Waals surface area contributed by atoms with Gasteiger partial charge < -0.3 is 15.0 Å². The third-order valence-electron chi connectivity index (χ3n) is 5.63. The molecule has 128 valence electrons. The molecule has 2 aliphatic heterocycles. The number of ether oxygens (including phenoxy) is 1. The molecule has 1 saturated carbocycles. The van der Waals surface area contributed by atoms with Crippen molar-refractivity contribution >= 4 is 23.6 Å². The first kappa shape index (κ1) is 15.8. The second-order valence-corrected chi connectivity index (χ2v) is 7.51. The van der Waals surface area contributed by atoms with E-state index in [1.807, 2.05) is 11.8 Å². The molecule has 2 amide bonds. The monoisotopic (exact) mass is 348 g/mol. The number of hydrogen-bond acceptors (Lipinski definition) is 3. The second kappa shape index (κ2) is 5.96. The van der Waals surface area contributed by atoms with Crippen molar-refractivity contribution in [1.82, 2.24) is 10.2 Å². The van der Waals surface area contributed by atoms with Gasteiger partial charge in [0, 0.05) is 24.7 Å². The molecule has 3 fully saturated rings. The second-order valence-electron chi connectivity index (χ2n) is 7.11. The van der Waals surface area contributed by atoms with Crippen LogP contribution >= 0.6 is 11.6 Å². The molecule has 2 saturated heterocycles. The number of likely N-dealkylation sites (tertiary alicyclic amines) is 1. The summed E-state index contributed by atoms with van der Waals surface area (Å²) >= 11 is 6.24. The number of carbonyl (C=O) groups excluding carboxylic acids is 2. The molecule has 1 N–H and O–H groups in total. The van der Waals surface area contributed by atoms with Crippen LogP contribution in [0.2, 0.25) is 5.02 Å². The predicted octanol–water partition coefficient (Wildman–Crippen LogP) is 2.57. The highest BCUT2D eigenvalue weighted by molar-refractivity contribution is 6.31. The molecule has 0 unspecified atom stereocenters. The summed E-state index contributed by atoms with van der Waals surface area (Å²) in [6.45, 7) is 4.32. The van der Waals surface area contributed by atoms with E-state index >= 15 is 0 Å². The third kappa shape index (κ3) is 2.75. The van der Waals surface area contributed by atoms with E-state index in [4.69, 9.17) is 16.3 Å². The lowest BCUT2D eigenvalue weighted by Crippen LogP contribution is -2.40. The number of nitrogens with one attached hydrogen (secondary N) is 1. The van der Waals surface area contributed by atoms with Crippen molar-refractivity contribution in [1.29, 1.82) is 0 Å². The average molecular weight is 349 g/mol. The number of hydrogen-bond donors (Lipinski definition) is 1. The van der Waals surface area contributed by atoms with Crippen LogP contribution in [0.1, 0.15) is 23.5 Å². The first-order valence-electron chi connectivity index (χ1n) is 8.50. The Bertz CT molecular complexity index is 681. The van der Waals surface area contributed by atoms with Crippen molar-refractivity contribution in [2.75, 3.05) is 26.2 Å². The molecule has 0 bridgehead atoms. The summed E-state index contributed by atoms with van der Waals surface area (Å²) in [6, 6.07) is 6.31. The fourth-order valence-corrected chi connectivity index (χ4v) is 4.33. The van der Waals surface area contributed by atoms with Crippen LogP contribution in [-0.4, -0.2) is 43.1 Å². The van der Waals surface area contributed by atoms with Crippen LogP contribution in [0.4, 0.5) is 4.79 Å². The number of aryl methyl sites for hydroxylation is 1. The molecule has 0 aromatic heterocycles. The molecule has 6 heteroatoms. The van der Waals surface area contributed by atoms with Crippen LogP contribution in [0.15, 0.2) is 18.2 Å². The van der Waals surface area contributed by atoms with Crippen LogP contribution in [0.3, 0.4) is 0 Å². The highest BCUT2D eigenvalue weighted by Gasteiger charge is 2.57. The normalized spacial score (nSPS) is 31.8. The Morgan fingerprint density at radius 2 is 2.08 bits per heavy atom. The van der Waals surface area contributed by atoms with Gasteiger partial charge in [0.1, 0.15) is 0 Å². The van der Waals surface area contributed by atoms with Gasteiger partial charge in [0.05, 0.1) is 12.5 Å². The lowest BCUT2D eigenvalue weighted by Gasteiger charge is -2.24. The first-order chi connectivity index (χ1) is 11.5. The van der Waals surface area contributed by atoms with Crippen LogP contribution in [0, 0.1) is 24.7 Å². The number of carbonyl (C=O) groups is 2. The minimum atomic E-state index is -0.425. The number of fused-ring (bicyclic) bond motifs is 1. The largest absolute Gasteiger partial charge is 0.450 e. The van der Waals surface area contributed by atoms with Gasteiger partial charge in [0.2, 0.25) is 5.91 Å². The SMILES string of the molecule is Cc1ccc([C@H]2[C@@H]3CN(C(=O)[C@@H]4CCOC(=O)NC4)C[C@@H]32)cc1Cl. The Morgan fingerprint density at radius 1 is 1.33 bits per heavy atom. The van der Waals surface area contributed by atoms with Gasteiger partial charge in [-0.2, -0.15) is 0 Å². The summed E-state index contributed by atoms with van der Waals surface area (Å²) in [5.74, 6) is 1.60. The predicted molar refractivity (Wildman–Crippen MR) is 89.9 cm³/mol. The van der Waals surface area contributed by atoms with E-state index in [1.165, 1.54) is 5.56 Å². The van der Waals surface area contributed by atoms with Gasteiger partial charge in [0.15, 0.2) is 0 Å². The zero-order valence-corrected chi connectivity index (χ0v) is 14.4. The van der Waals surface area contributed by atoms with E-state index < -0.39 is 6.09 Å². The molecule has 2 heterocycles. The number of alkyl carbamates (subject to hydrolysis) is 1. The minimum Gasteiger partial charge on any atom is -0.450 e. The Labute approximate surface area is 146 Å². The maximum absolute atomic E-state index is 12.7. The number of piperidine rings is 1. The lowest BCUT2D eigenvalue weighted by molar-refractivity contribution is -0.135. The topological polar surface area (TPSA) is 58.6 Å². The van der Waals surface area contributed by atoms with Crippen molar-refractivity contribution in [2.24, 2.45) is 17.8 Å². The molecule has 1 aromatic rings. The van der Waals surface area contributed by atoms with Gasteiger partial charge >= 0.3 is 6.09 Å². The van der Waals surface area contributed by atoms with E-state index in [9.17, 15) is 9.59 Å². The van der Waals surface area contributed by atoms with E-state index in [-0.39, 0.29) is 11.8 Å².